The molecule has 33 heavy (non-hydrogen) atoms. The molecular weight excluding hydrogens is 438 g/mol. The molecule has 3 heterocycles. The average Bonchev–Trinajstić information content (AvgIpc) is 3.38. The summed E-state index contributed by atoms with van der Waals surface area (Å²) in [5, 5.41) is 4.32. The van der Waals surface area contributed by atoms with Gasteiger partial charge in [0.2, 0.25) is 0 Å². The number of nitrogens with zero attached hydrogens (tertiary/aromatic N) is 5. The molecule has 0 bridgehead atoms. The molecule has 0 N–H and O–H groups in total. The van der Waals surface area contributed by atoms with Gasteiger partial charge in [-0.3, -0.25) is 9.59 Å². The van der Waals surface area contributed by atoms with Crippen LogP contribution in [0, 0.1) is 6.92 Å². The summed E-state index contributed by atoms with van der Waals surface area (Å²) >= 11 is 1.11. The lowest BCUT2D eigenvalue weighted by molar-refractivity contribution is 0.0924. The number of fused-ring (bicyclic) bond motifs is 1. The number of pyridine rings is 1. The van der Waals surface area contributed by atoms with Crippen LogP contribution in [0.25, 0.3) is 0 Å². The van der Waals surface area contributed by atoms with Gasteiger partial charge in [0.25, 0.3) is 11.8 Å². The molecule has 0 saturated carbocycles. The van der Waals surface area contributed by atoms with E-state index in [4.69, 9.17) is 4.84 Å². The van der Waals surface area contributed by atoms with Crippen LogP contribution in [-0.2, 0) is 11.4 Å². The molecule has 0 spiro atoms. The van der Waals surface area contributed by atoms with Crippen LogP contribution in [0.4, 0.5) is 5.82 Å². The molecule has 1 aliphatic rings. The quantitative estimate of drug-likeness (QED) is 0.248. The normalized spacial score (nSPS) is 13.4. The van der Waals surface area contributed by atoms with E-state index in [1.165, 1.54) is 0 Å². The molecular formula is C24H17N5O3S. The molecule has 162 valence electrons. The summed E-state index contributed by atoms with van der Waals surface area (Å²) < 4.78 is 8.57. The molecule has 0 saturated heterocycles. The van der Waals surface area contributed by atoms with Crippen molar-refractivity contribution in [3.63, 3.8) is 0 Å². The van der Waals surface area contributed by atoms with Gasteiger partial charge in [-0.2, -0.15) is 8.75 Å². The van der Waals surface area contributed by atoms with Gasteiger partial charge < -0.3 is 4.84 Å². The molecule has 4 aromatic rings. The number of rotatable bonds is 6. The molecule has 8 nitrogen and oxygen atoms in total. The van der Waals surface area contributed by atoms with E-state index in [1.807, 2.05) is 37.3 Å². The van der Waals surface area contributed by atoms with Gasteiger partial charge in [0.05, 0.1) is 34.2 Å². The predicted molar refractivity (Wildman–Crippen MR) is 123 cm³/mol. The van der Waals surface area contributed by atoms with E-state index in [0.717, 1.165) is 27.9 Å². The fraction of sp³-hybridized carbons (Fsp3) is 0.0833. The third-order valence-corrected chi connectivity index (χ3v) is 5.73. The van der Waals surface area contributed by atoms with Crippen LogP contribution in [0.1, 0.15) is 43.4 Å². The maximum atomic E-state index is 12.7. The molecule has 0 radical (unpaired) electrons. The van der Waals surface area contributed by atoms with Crippen molar-refractivity contribution in [1.82, 2.24) is 13.7 Å². The van der Waals surface area contributed by atoms with Crippen LogP contribution in [-0.4, -0.2) is 31.3 Å². The van der Waals surface area contributed by atoms with Crippen molar-refractivity contribution < 1.29 is 14.4 Å². The van der Waals surface area contributed by atoms with Crippen molar-refractivity contribution in [3.8, 4) is 0 Å². The lowest BCUT2D eigenvalue weighted by Crippen LogP contribution is -2.30. The lowest BCUT2D eigenvalue weighted by atomic mass is 10.1. The van der Waals surface area contributed by atoms with Crippen LogP contribution in [0.5, 0.6) is 0 Å². The summed E-state index contributed by atoms with van der Waals surface area (Å²) in [6.07, 6.45) is 0. The minimum Gasteiger partial charge on any atom is -0.389 e. The van der Waals surface area contributed by atoms with Crippen molar-refractivity contribution >= 4 is 35.1 Å². The van der Waals surface area contributed by atoms with E-state index < -0.39 is 11.8 Å². The number of carbonyl (C=O) groups is 2. The maximum Gasteiger partial charge on any atom is 0.267 e. The number of carbonyl (C=O) groups excluding carboxylic acids is 2. The highest BCUT2D eigenvalue weighted by molar-refractivity contribution is 6.99. The van der Waals surface area contributed by atoms with E-state index in [2.05, 4.69) is 18.9 Å². The molecule has 0 fully saturated rings. The van der Waals surface area contributed by atoms with Gasteiger partial charge in [-0.1, -0.05) is 53.7 Å². The predicted octanol–water partition coefficient (Wildman–Crippen LogP) is 4.01. The van der Waals surface area contributed by atoms with Gasteiger partial charge in [-0.25, -0.2) is 9.88 Å². The molecule has 0 atom stereocenters. The third-order valence-electron chi connectivity index (χ3n) is 5.11. The van der Waals surface area contributed by atoms with E-state index in [9.17, 15) is 9.59 Å². The monoisotopic (exact) mass is 455 g/mol. The summed E-state index contributed by atoms with van der Waals surface area (Å²) in [7, 11) is 0. The molecule has 1 aliphatic heterocycles. The molecule has 5 rings (SSSR count). The molecule has 2 aromatic heterocycles. The molecule has 9 heteroatoms. The molecule has 2 aromatic carbocycles. The van der Waals surface area contributed by atoms with E-state index in [1.54, 1.807) is 42.5 Å². The van der Waals surface area contributed by atoms with Gasteiger partial charge in [0.1, 0.15) is 17.2 Å². The first-order chi connectivity index (χ1) is 16.1. The molecule has 2 amide bonds. The Labute approximate surface area is 193 Å². The van der Waals surface area contributed by atoms with Gasteiger partial charge >= 0.3 is 0 Å². The summed E-state index contributed by atoms with van der Waals surface area (Å²) in [5.74, 6) is -0.539. The number of aromatic nitrogens is 3. The summed E-state index contributed by atoms with van der Waals surface area (Å²) in [6, 6.07) is 21.4. The highest BCUT2D eigenvalue weighted by Crippen LogP contribution is 2.27. The number of oxime groups is 1. The largest absolute Gasteiger partial charge is 0.389 e. The van der Waals surface area contributed by atoms with Crippen molar-refractivity contribution in [1.29, 1.82) is 0 Å². The zero-order valence-electron chi connectivity index (χ0n) is 17.5. The van der Waals surface area contributed by atoms with Crippen LogP contribution in [0.15, 0.2) is 78.0 Å². The van der Waals surface area contributed by atoms with Crippen LogP contribution in [0.2, 0.25) is 0 Å². The SMILES string of the molecule is Cc1nsnc1C(=NOCc1cccc(N2C(=O)c3ccccc3C2=O)n1)c1ccccc1. The van der Waals surface area contributed by atoms with Crippen molar-refractivity contribution in [2.24, 2.45) is 5.16 Å². The Kier molecular flexibility index (Phi) is 5.45. The third kappa shape index (κ3) is 3.90. The molecule has 0 unspecified atom stereocenters. The topological polar surface area (TPSA) is 97.6 Å². The van der Waals surface area contributed by atoms with E-state index in [-0.39, 0.29) is 12.4 Å². The smallest absolute Gasteiger partial charge is 0.267 e. The standard InChI is InChI=1S/C24H17N5O3S/c1-15-21(28-33-27-15)22(16-8-3-2-4-9-16)26-32-14-17-10-7-13-20(25-17)29-23(30)18-11-5-6-12-19(18)24(29)31/h2-13H,14H2,1H3. The van der Waals surface area contributed by atoms with Crippen LogP contribution < -0.4 is 4.90 Å². The molecule has 0 aliphatic carbocycles. The Morgan fingerprint density at radius 2 is 1.61 bits per heavy atom. The van der Waals surface area contributed by atoms with Gasteiger partial charge in [-0.05, 0) is 31.2 Å². The van der Waals surface area contributed by atoms with Gasteiger partial charge in [-0.15, -0.1) is 0 Å². The first-order valence-electron chi connectivity index (χ1n) is 10.1. The highest BCUT2D eigenvalue weighted by atomic mass is 32.1. The van der Waals surface area contributed by atoms with Crippen LogP contribution >= 0.6 is 11.7 Å². The van der Waals surface area contributed by atoms with Crippen molar-refractivity contribution in [2.45, 2.75) is 13.5 Å². The van der Waals surface area contributed by atoms with Crippen molar-refractivity contribution in [3.05, 3.63) is 107 Å². The van der Waals surface area contributed by atoms with Crippen LogP contribution in [0.3, 0.4) is 0 Å². The fourth-order valence-electron chi connectivity index (χ4n) is 3.51. The highest BCUT2D eigenvalue weighted by Gasteiger charge is 2.37. The number of anilines is 1. The minimum atomic E-state index is -0.392. The Hall–Kier alpha value is -4.24. The first kappa shape index (κ1) is 20.7. The minimum absolute atomic E-state index is 0.0456. The van der Waals surface area contributed by atoms with E-state index >= 15 is 0 Å². The second-order valence-corrected chi connectivity index (χ2v) is 7.78. The Morgan fingerprint density at radius 1 is 0.909 bits per heavy atom. The average molecular weight is 455 g/mol. The summed E-state index contributed by atoms with van der Waals surface area (Å²) in [5.41, 5.74) is 4.09. The maximum absolute atomic E-state index is 12.7. The second kappa shape index (κ2) is 8.71. The second-order valence-electron chi connectivity index (χ2n) is 7.26. The number of imide groups is 1. The number of amides is 2. The van der Waals surface area contributed by atoms with E-state index in [0.29, 0.717) is 28.2 Å². The number of benzene rings is 2. The zero-order valence-corrected chi connectivity index (χ0v) is 18.3. The first-order valence-corrected chi connectivity index (χ1v) is 10.8. The Morgan fingerprint density at radius 3 is 2.27 bits per heavy atom. The summed E-state index contributed by atoms with van der Waals surface area (Å²) in [4.78, 5) is 36.6. The number of aryl methyl sites for hydroxylation is 1. The Bertz CT molecular complexity index is 1350. The van der Waals surface area contributed by atoms with Gasteiger partial charge in [0, 0.05) is 5.56 Å². The number of hydrogen-bond acceptors (Lipinski definition) is 8. The fourth-order valence-corrected chi connectivity index (χ4v) is 4.06. The van der Waals surface area contributed by atoms with Crippen molar-refractivity contribution in [2.75, 3.05) is 4.90 Å². The lowest BCUT2D eigenvalue weighted by Gasteiger charge is -2.13. The number of hydrogen-bond donors (Lipinski definition) is 0. The summed E-state index contributed by atoms with van der Waals surface area (Å²) in [6.45, 7) is 1.91. The van der Waals surface area contributed by atoms with Gasteiger partial charge in [0.15, 0.2) is 6.61 Å². The zero-order chi connectivity index (χ0) is 22.8. The Balaban J connectivity index is 1.38.